The van der Waals surface area contributed by atoms with Crippen LogP contribution in [0.2, 0.25) is 0 Å². The zero-order chi connectivity index (χ0) is 14.5. The molecule has 110 valence electrons. The van der Waals surface area contributed by atoms with Gasteiger partial charge in [0.1, 0.15) is 5.75 Å². The van der Waals surface area contributed by atoms with Crippen LogP contribution in [0, 0.1) is 5.92 Å². The van der Waals surface area contributed by atoms with Gasteiger partial charge in [-0.25, -0.2) is 0 Å². The maximum absolute atomic E-state index is 12.5. The van der Waals surface area contributed by atoms with Gasteiger partial charge in [0.05, 0.1) is 12.7 Å². The molecule has 0 spiro atoms. The van der Waals surface area contributed by atoms with Crippen molar-refractivity contribution in [3.63, 3.8) is 0 Å². The van der Waals surface area contributed by atoms with Gasteiger partial charge in [0.15, 0.2) is 0 Å². The summed E-state index contributed by atoms with van der Waals surface area (Å²) < 4.78 is 10.6. The van der Waals surface area contributed by atoms with E-state index in [4.69, 9.17) is 15.2 Å². The monoisotopic (exact) mass is 278 g/mol. The van der Waals surface area contributed by atoms with Gasteiger partial charge in [0.25, 0.3) is 5.91 Å². The van der Waals surface area contributed by atoms with Gasteiger partial charge < -0.3 is 20.1 Å². The van der Waals surface area contributed by atoms with Crippen molar-refractivity contribution in [2.75, 3.05) is 39.6 Å². The predicted molar refractivity (Wildman–Crippen MR) is 77.9 cm³/mol. The Bertz CT molecular complexity index is 470. The normalized spacial score (nSPS) is 15.9. The molecule has 1 saturated heterocycles. The summed E-state index contributed by atoms with van der Waals surface area (Å²) in [6.45, 7) is 2.32. The molecule has 0 aromatic heterocycles. The van der Waals surface area contributed by atoms with E-state index >= 15 is 0 Å². The number of rotatable bonds is 4. The lowest BCUT2D eigenvalue weighted by Crippen LogP contribution is -2.34. The largest absolute Gasteiger partial charge is 0.496 e. The minimum absolute atomic E-state index is 0.0339. The number of nitrogens with two attached hydrogens (primary N) is 1. The number of benzene rings is 1. The van der Waals surface area contributed by atoms with Crippen LogP contribution in [-0.2, 0) is 4.74 Å². The first-order valence-corrected chi connectivity index (χ1v) is 6.88. The third-order valence-electron chi connectivity index (χ3n) is 3.68. The SMILES string of the molecule is COc1cc(N)ccc1C(=O)N(C)CC1CCOCC1. The summed E-state index contributed by atoms with van der Waals surface area (Å²) in [6, 6.07) is 5.12. The van der Waals surface area contributed by atoms with Crippen LogP contribution in [0.5, 0.6) is 5.75 Å². The molecule has 1 fully saturated rings. The van der Waals surface area contributed by atoms with Crippen LogP contribution in [0.4, 0.5) is 5.69 Å². The first-order chi connectivity index (χ1) is 9.61. The molecule has 1 aliphatic heterocycles. The fourth-order valence-corrected chi connectivity index (χ4v) is 2.49. The van der Waals surface area contributed by atoms with Gasteiger partial charge in [-0.2, -0.15) is 0 Å². The second kappa shape index (κ2) is 6.61. The van der Waals surface area contributed by atoms with Crippen molar-refractivity contribution in [2.24, 2.45) is 5.92 Å². The van der Waals surface area contributed by atoms with E-state index in [1.54, 1.807) is 30.2 Å². The van der Waals surface area contributed by atoms with Gasteiger partial charge in [-0.05, 0) is 30.9 Å². The van der Waals surface area contributed by atoms with Gasteiger partial charge in [-0.1, -0.05) is 0 Å². The number of carbonyl (C=O) groups is 1. The van der Waals surface area contributed by atoms with E-state index in [0.29, 0.717) is 22.9 Å². The number of anilines is 1. The summed E-state index contributed by atoms with van der Waals surface area (Å²) in [5.41, 5.74) is 6.85. The number of ether oxygens (including phenoxy) is 2. The third-order valence-corrected chi connectivity index (χ3v) is 3.68. The number of methoxy groups -OCH3 is 1. The van der Waals surface area contributed by atoms with Gasteiger partial charge in [0, 0.05) is 38.6 Å². The van der Waals surface area contributed by atoms with E-state index in [9.17, 15) is 4.79 Å². The van der Waals surface area contributed by atoms with Crippen LogP contribution >= 0.6 is 0 Å². The maximum atomic E-state index is 12.5. The number of nitrogens with zero attached hydrogens (tertiary/aromatic N) is 1. The second-order valence-electron chi connectivity index (χ2n) is 5.20. The Balaban J connectivity index is 2.05. The fraction of sp³-hybridized carbons (Fsp3) is 0.533. The minimum atomic E-state index is -0.0339. The molecule has 0 aliphatic carbocycles. The molecular formula is C15H22N2O3. The first kappa shape index (κ1) is 14.7. The van der Waals surface area contributed by atoms with Crippen LogP contribution in [0.1, 0.15) is 23.2 Å². The number of hydrogen-bond donors (Lipinski definition) is 1. The zero-order valence-electron chi connectivity index (χ0n) is 12.1. The van der Waals surface area contributed by atoms with Crippen LogP contribution in [0.15, 0.2) is 18.2 Å². The molecular weight excluding hydrogens is 256 g/mol. The zero-order valence-corrected chi connectivity index (χ0v) is 12.1. The summed E-state index contributed by atoms with van der Waals surface area (Å²) in [4.78, 5) is 14.2. The average molecular weight is 278 g/mol. The summed E-state index contributed by atoms with van der Waals surface area (Å²) in [5, 5.41) is 0. The molecule has 0 atom stereocenters. The standard InChI is InChI=1S/C15H22N2O3/c1-17(10-11-5-7-20-8-6-11)15(18)13-4-3-12(16)9-14(13)19-2/h3-4,9,11H,5-8,10,16H2,1-2H3. The molecule has 1 aromatic carbocycles. The predicted octanol–water partition coefficient (Wildman–Crippen LogP) is 1.78. The maximum Gasteiger partial charge on any atom is 0.257 e. The van der Waals surface area contributed by atoms with Crippen molar-refractivity contribution in [2.45, 2.75) is 12.8 Å². The molecule has 5 nitrogen and oxygen atoms in total. The van der Waals surface area contributed by atoms with Crippen molar-refractivity contribution < 1.29 is 14.3 Å². The number of carbonyl (C=O) groups excluding carboxylic acids is 1. The highest BCUT2D eigenvalue weighted by Gasteiger charge is 2.21. The van der Waals surface area contributed by atoms with Crippen LogP contribution < -0.4 is 10.5 Å². The van der Waals surface area contributed by atoms with Crippen molar-refractivity contribution in [3.05, 3.63) is 23.8 Å². The van der Waals surface area contributed by atoms with Gasteiger partial charge >= 0.3 is 0 Å². The molecule has 1 heterocycles. The number of amides is 1. The Morgan fingerprint density at radius 3 is 2.80 bits per heavy atom. The Hall–Kier alpha value is -1.75. The smallest absolute Gasteiger partial charge is 0.257 e. The van der Waals surface area contributed by atoms with E-state index < -0.39 is 0 Å². The van der Waals surface area contributed by atoms with Crippen molar-refractivity contribution in [1.82, 2.24) is 4.90 Å². The van der Waals surface area contributed by atoms with E-state index in [-0.39, 0.29) is 5.91 Å². The summed E-state index contributed by atoms with van der Waals surface area (Å²) >= 11 is 0. The molecule has 1 aliphatic rings. The third kappa shape index (κ3) is 3.42. The lowest BCUT2D eigenvalue weighted by Gasteiger charge is -2.27. The van der Waals surface area contributed by atoms with Crippen LogP contribution in [0.25, 0.3) is 0 Å². The quantitative estimate of drug-likeness (QED) is 0.853. The van der Waals surface area contributed by atoms with Gasteiger partial charge in [0.2, 0.25) is 0 Å². The van der Waals surface area contributed by atoms with Gasteiger partial charge in [-0.15, -0.1) is 0 Å². The molecule has 1 aromatic rings. The minimum Gasteiger partial charge on any atom is -0.496 e. The van der Waals surface area contributed by atoms with Gasteiger partial charge in [-0.3, -0.25) is 4.79 Å². The first-order valence-electron chi connectivity index (χ1n) is 6.88. The van der Waals surface area contributed by atoms with Crippen molar-refractivity contribution >= 4 is 11.6 Å². The van der Waals surface area contributed by atoms with Crippen LogP contribution in [-0.4, -0.2) is 44.7 Å². The highest BCUT2D eigenvalue weighted by Crippen LogP contribution is 2.24. The lowest BCUT2D eigenvalue weighted by molar-refractivity contribution is 0.0496. The molecule has 1 amide bonds. The molecule has 0 unspecified atom stereocenters. The Morgan fingerprint density at radius 1 is 1.45 bits per heavy atom. The van der Waals surface area contributed by atoms with E-state index in [1.807, 2.05) is 7.05 Å². The Morgan fingerprint density at radius 2 is 2.15 bits per heavy atom. The Kier molecular flexibility index (Phi) is 4.84. The number of hydrogen-bond acceptors (Lipinski definition) is 4. The second-order valence-corrected chi connectivity index (χ2v) is 5.20. The van der Waals surface area contributed by atoms with Crippen molar-refractivity contribution in [1.29, 1.82) is 0 Å². The topological polar surface area (TPSA) is 64.8 Å². The van der Waals surface area contributed by atoms with E-state index in [1.165, 1.54) is 0 Å². The van der Waals surface area contributed by atoms with Crippen LogP contribution in [0.3, 0.4) is 0 Å². The Labute approximate surface area is 119 Å². The number of nitrogen functional groups attached to an aromatic ring is 1. The fourth-order valence-electron chi connectivity index (χ4n) is 2.49. The molecule has 5 heteroatoms. The average Bonchev–Trinajstić information content (AvgIpc) is 2.47. The molecule has 0 saturated carbocycles. The summed E-state index contributed by atoms with van der Waals surface area (Å²) in [6.07, 6.45) is 2.02. The molecule has 2 rings (SSSR count). The molecule has 2 N–H and O–H groups in total. The lowest BCUT2D eigenvalue weighted by atomic mass is 9.99. The molecule has 0 radical (unpaired) electrons. The highest BCUT2D eigenvalue weighted by molar-refractivity contribution is 5.97. The van der Waals surface area contributed by atoms with E-state index in [2.05, 4.69) is 0 Å². The summed E-state index contributed by atoms with van der Waals surface area (Å²) in [7, 11) is 3.37. The molecule has 0 bridgehead atoms. The highest BCUT2D eigenvalue weighted by atomic mass is 16.5. The molecule has 20 heavy (non-hydrogen) atoms. The van der Waals surface area contributed by atoms with Crippen molar-refractivity contribution in [3.8, 4) is 5.75 Å². The van der Waals surface area contributed by atoms with E-state index in [0.717, 1.165) is 32.6 Å². The summed E-state index contributed by atoms with van der Waals surface area (Å²) in [5.74, 6) is 1.000.